The van der Waals surface area contributed by atoms with Gasteiger partial charge in [0.15, 0.2) is 5.69 Å². The molecule has 5 amide bonds. The van der Waals surface area contributed by atoms with E-state index in [0.29, 0.717) is 11.5 Å². The predicted molar refractivity (Wildman–Crippen MR) is 220 cm³/mol. The SMILES string of the molecule is CC1(C)[C@H](NC(=O)c2ccc(N3CCN(CC4CCN(c5ccc6c(c5)C(=O)N(C5CCC(=O)NC5=O)C6=O)CC4)CC3)cc2)C(C)(C)[C@H]1Oc1cnc(C#N)c(C(F)(F)F)c1. The number of piperidine rings is 2. The van der Waals surface area contributed by atoms with Crippen LogP contribution in [0.1, 0.15) is 95.7 Å². The first kappa shape index (κ1) is 42.7. The highest BCUT2D eigenvalue weighted by Crippen LogP contribution is 2.55. The summed E-state index contributed by atoms with van der Waals surface area (Å²) in [5, 5.41) is 14.5. The van der Waals surface area contributed by atoms with Crippen molar-refractivity contribution < 1.29 is 41.9 Å². The van der Waals surface area contributed by atoms with Crippen molar-refractivity contribution in [2.24, 2.45) is 16.7 Å². The number of pyridine rings is 1. The Balaban J connectivity index is 0.794. The molecule has 2 aromatic carbocycles. The molecule has 0 radical (unpaired) electrons. The van der Waals surface area contributed by atoms with Crippen LogP contribution in [0.4, 0.5) is 24.5 Å². The molecule has 1 aromatic heterocycles. The lowest BCUT2D eigenvalue weighted by atomic mass is 9.49. The molecule has 5 heterocycles. The minimum Gasteiger partial charge on any atom is -0.488 e. The number of imide groups is 2. The minimum absolute atomic E-state index is 0.0742. The number of nitriles is 1. The van der Waals surface area contributed by atoms with Crippen molar-refractivity contribution >= 4 is 40.9 Å². The molecule has 17 heteroatoms. The van der Waals surface area contributed by atoms with E-state index in [4.69, 9.17) is 10.00 Å². The van der Waals surface area contributed by atoms with E-state index in [9.17, 15) is 37.1 Å². The molecule has 1 unspecified atom stereocenters. The highest BCUT2D eigenvalue weighted by Gasteiger charge is 2.64. The van der Waals surface area contributed by atoms with E-state index in [1.54, 1.807) is 12.1 Å². The molecule has 326 valence electrons. The number of fused-ring (bicyclic) bond motifs is 1. The predicted octanol–water partition coefficient (Wildman–Crippen LogP) is 5.02. The van der Waals surface area contributed by atoms with E-state index in [0.717, 1.165) is 87.2 Å². The highest BCUT2D eigenvalue weighted by molar-refractivity contribution is 6.23. The summed E-state index contributed by atoms with van der Waals surface area (Å²) in [6.07, 6.45) is -2.03. The Bertz CT molecular complexity index is 2330. The number of piperazine rings is 1. The quantitative estimate of drug-likeness (QED) is 0.278. The molecule has 1 saturated carbocycles. The Kier molecular flexibility index (Phi) is 11.0. The van der Waals surface area contributed by atoms with Gasteiger partial charge in [-0.1, -0.05) is 27.7 Å². The first-order chi connectivity index (χ1) is 29.4. The van der Waals surface area contributed by atoms with Crippen molar-refractivity contribution in [3.8, 4) is 11.8 Å². The van der Waals surface area contributed by atoms with E-state index in [2.05, 4.69) is 30.3 Å². The van der Waals surface area contributed by atoms with Gasteiger partial charge in [-0.25, -0.2) is 4.98 Å². The van der Waals surface area contributed by atoms with Crippen LogP contribution in [0, 0.1) is 28.1 Å². The second kappa shape index (κ2) is 16.0. The molecular weight excluding hydrogens is 806 g/mol. The second-order valence-electron chi connectivity index (χ2n) is 18.2. The number of carbonyl (C=O) groups excluding carboxylic acids is 5. The topological polar surface area (TPSA) is 168 Å². The molecule has 4 aliphatic heterocycles. The van der Waals surface area contributed by atoms with Crippen molar-refractivity contribution in [2.75, 3.05) is 55.6 Å². The molecule has 0 bridgehead atoms. The number of ether oxygens (including phenoxy) is 1. The average molecular weight is 855 g/mol. The number of halogens is 3. The van der Waals surface area contributed by atoms with Gasteiger partial charge < -0.3 is 19.9 Å². The fourth-order valence-electron chi connectivity index (χ4n) is 10.4. The molecule has 14 nitrogen and oxygen atoms in total. The lowest BCUT2D eigenvalue weighted by molar-refractivity contribution is -0.165. The smallest absolute Gasteiger partial charge is 0.419 e. The zero-order chi connectivity index (χ0) is 44.3. The van der Waals surface area contributed by atoms with Gasteiger partial charge in [0.05, 0.1) is 22.9 Å². The van der Waals surface area contributed by atoms with Crippen molar-refractivity contribution in [1.29, 1.82) is 5.26 Å². The van der Waals surface area contributed by atoms with Crippen LogP contribution in [0.25, 0.3) is 0 Å². The first-order valence-corrected chi connectivity index (χ1v) is 21.0. The van der Waals surface area contributed by atoms with Gasteiger partial charge >= 0.3 is 6.18 Å². The summed E-state index contributed by atoms with van der Waals surface area (Å²) in [4.78, 5) is 75.7. The second-order valence-corrected chi connectivity index (χ2v) is 18.2. The number of nitrogens with one attached hydrogen (secondary N) is 2. The summed E-state index contributed by atoms with van der Waals surface area (Å²) in [6, 6.07) is 13.7. The largest absolute Gasteiger partial charge is 0.488 e. The third kappa shape index (κ3) is 7.84. The lowest BCUT2D eigenvalue weighted by Gasteiger charge is -2.63. The number of hydrogen-bond donors (Lipinski definition) is 2. The number of alkyl halides is 3. The molecule has 3 aromatic rings. The Morgan fingerprint density at radius 1 is 0.871 bits per heavy atom. The molecule has 4 fully saturated rings. The van der Waals surface area contributed by atoms with E-state index >= 15 is 0 Å². The summed E-state index contributed by atoms with van der Waals surface area (Å²) < 4.78 is 46.7. The van der Waals surface area contributed by atoms with Crippen LogP contribution in [-0.2, 0) is 15.8 Å². The number of carbonyl (C=O) groups is 5. The van der Waals surface area contributed by atoms with Gasteiger partial charge in [0.25, 0.3) is 17.7 Å². The number of benzene rings is 2. The minimum atomic E-state index is -4.76. The van der Waals surface area contributed by atoms with E-state index in [-0.39, 0.29) is 41.7 Å². The van der Waals surface area contributed by atoms with Gasteiger partial charge in [-0.3, -0.25) is 39.1 Å². The van der Waals surface area contributed by atoms with E-state index in [1.165, 1.54) is 6.07 Å². The molecule has 2 N–H and O–H groups in total. The average Bonchev–Trinajstić information content (AvgIpc) is 3.49. The summed E-state index contributed by atoms with van der Waals surface area (Å²) in [5.74, 6) is -1.89. The number of hydrogen-bond acceptors (Lipinski definition) is 11. The van der Waals surface area contributed by atoms with Crippen molar-refractivity contribution in [2.45, 2.75) is 77.7 Å². The van der Waals surface area contributed by atoms with Crippen LogP contribution in [0.3, 0.4) is 0 Å². The van der Waals surface area contributed by atoms with Crippen LogP contribution in [-0.4, -0.2) is 108 Å². The van der Waals surface area contributed by atoms with Crippen molar-refractivity contribution in [1.82, 2.24) is 25.4 Å². The number of rotatable bonds is 9. The maximum atomic E-state index is 13.6. The molecule has 5 aliphatic rings. The van der Waals surface area contributed by atoms with Gasteiger partial charge in [0.1, 0.15) is 24.0 Å². The standard InChI is InChI=1S/C45H49F3N8O6/c1-43(2)41(44(3,4)42(43)62-30-22-33(45(46,47)48)34(23-49)50-24-30)52-37(58)27-5-7-28(8-6-27)55-19-17-53(18-20-55)25-26-13-15-54(16-14-26)29-9-10-31-32(21-29)40(61)56(39(31)60)35-11-12-36(57)51-38(35)59/h5-10,21-22,24,26,35,41-42H,11-20,25H2,1-4H3,(H,52,58)(H,51,57,59)/t35?,41-,42-. The van der Waals surface area contributed by atoms with Crippen LogP contribution >= 0.6 is 0 Å². The van der Waals surface area contributed by atoms with Gasteiger partial charge in [0.2, 0.25) is 11.8 Å². The summed E-state index contributed by atoms with van der Waals surface area (Å²) in [6.45, 7) is 13.7. The molecule has 0 spiro atoms. The van der Waals surface area contributed by atoms with Crippen molar-refractivity contribution in [3.05, 3.63) is 82.7 Å². The third-order valence-corrected chi connectivity index (χ3v) is 13.4. The Labute approximate surface area is 357 Å². The fourth-order valence-corrected chi connectivity index (χ4v) is 10.4. The van der Waals surface area contributed by atoms with Crippen LogP contribution in [0.2, 0.25) is 0 Å². The lowest BCUT2D eigenvalue weighted by Crippen LogP contribution is -2.74. The zero-order valence-corrected chi connectivity index (χ0v) is 35.1. The molecule has 62 heavy (non-hydrogen) atoms. The summed E-state index contributed by atoms with van der Waals surface area (Å²) >= 11 is 0. The fraction of sp³-hybridized carbons (Fsp3) is 0.489. The molecule has 1 aliphatic carbocycles. The first-order valence-electron chi connectivity index (χ1n) is 21.0. The Morgan fingerprint density at radius 3 is 2.13 bits per heavy atom. The van der Waals surface area contributed by atoms with E-state index < -0.39 is 64.0 Å². The monoisotopic (exact) mass is 854 g/mol. The van der Waals surface area contributed by atoms with Crippen LogP contribution in [0.15, 0.2) is 54.7 Å². The molecule has 8 rings (SSSR count). The van der Waals surface area contributed by atoms with Crippen molar-refractivity contribution in [3.63, 3.8) is 0 Å². The number of aromatic nitrogens is 1. The third-order valence-electron chi connectivity index (χ3n) is 13.4. The maximum Gasteiger partial charge on any atom is 0.419 e. The van der Waals surface area contributed by atoms with Gasteiger partial charge in [-0.05, 0) is 73.7 Å². The highest BCUT2D eigenvalue weighted by atomic mass is 19.4. The summed E-state index contributed by atoms with van der Waals surface area (Å²) in [5.41, 5.74) is -0.206. The summed E-state index contributed by atoms with van der Waals surface area (Å²) in [7, 11) is 0. The maximum absolute atomic E-state index is 13.6. The molecule has 1 atom stereocenters. The van der Waals surface area contributed by atoms with Gasteiger partial charge in [0, 0.05) is 86.0 Å². The normalized spacial score (nSPS) is 24.0. The van der Waals surface area contributed by atoms with Crippen LogP contribution in [0.5, 0.6) is 5.75 Å². The van der Waals surface area contributed by atoms with Crippen LogP contribution < -0.4 is 25.2 Å². The Hall–Kier alpha value is -6.02. The van der Waals surface area contributed by atoms with E-state index in [1.807, 2.05) is 58.0 Å². The number of nitrogens with zero attached hydrogens (tertiary/aromatic N) is 6. The Morgan fingerprint density at radius 2 is 1.50 bits per heavy atom. The van der Waals surface area contributed by atoms with Gasteiger partial charge in [-0.15, -0.1) is 0 Å². The zero-order valence-electron chi connectivity index (χ0n) is 35.1. The number of amides is 5. The molecule has 3 saturated heterocycles. The molecular formula is C45H49F3N8O6. The van der Waals surface area contributed by atoms with Gasteiger partial charge in [-0.2, -0.15) is 18.4 Å². The number of anilines is 2.